The molecule has 8 atom stereocenters. The highest BCUT2D eigenvalue weighted by atomic mass is 35.5. The molecule has 0 radical (unpaired) electrons. The van der Waals surface area contributed by atoms with Gasteiger partial charge < -0.3 is 24.1 Å². The van der Waals surface area contributed by atoms with E-state index < -0.39 is 82.9 Å². The molecule has 2 aromatic carbocycles. The Kier molecular flexibility index (Phi) is 21.5. The van der Waals surface area contributed by atoms with Gasteiger partial charge in [0.25, 0.3) is 0 Å². The molecule has 5 aromatic rings. The molecule has 2 saturated heterocycles. The van der Waals surface area contributed by atoms with E-state index in [-0.39, 0.29) is 29.7 Å². The summed E-state index contributed by atoms with van der Waals surface area (Å²) in [6, 6.07) is 21.0. The van der Waals surface area contributed by atoms with Crippen molar-refractivity contribution in [2.24, 2.45) is 11.8 Å². The molecule has 2 aliphatic heterocycles. The van der Waals surface area contributed by atoms with Gasteiger partial charge in [-0.1, -0.05) is 90.6 Å². The number of benzene rings is 2. The summed E-state index contributed by atoms with van der Waals surface area (Å²) in [6.45, 7) is 9.35. The van der Waals surface area contributed by atoms with Gasteiger partial charge >= 0.3 is 46.9 Å². The van der Waals surface area contributed by atoms with Gasteiger partial charge in [0.15, 0.2) is 11.6 Å². The van der Waals surface area contributed by atoms with Gasteiger partial charge in [-0.05, 0) is 126 Å². The van der Waals surface area contributed by atoms with Crippen LogP contribution in [0.5, 0.6) is 0 Å². The minimum atomic E-state index is -6.85. The number of nitrogens with zero attached hydrogens (tertiary/aromatic N) is 3. The number of pyridine rings is 3. The van der Waals surface area contributed by atoms with Gasteiger partial charge in [-0.25, -0.2) is 9.97 Å². The highest BCUT2D eigenvalue weighted by molar-refractivity contribution is 8.00. The zero-order chi connectivity index (χ0) is 60.9. The van der Waals surface area contributed by atoms with Crippen LogP contribution in [0, 0.1) is 11.8 Å². The molecule has 16 nitrogen and oxygen atoms in total. The molecule has 0 bridgehead atoms. The maximum absolute atomic E-state index is 12.8. The summed E-state index contributed by atoms with van der Waals surface area (Å²) in [4.78, 5) is 12.4. The largest absolute Gasteiger partial charge is 0.524 e. The van der Waals surface area contributed by atoms with E-state index in [0.717, 1.165) is 41.1 Å². The normalized spacial score (nSPS) is 24.4. The minimum Gasteiger partial charge on any atom is -0.390 e. The molecule has 32 heteroatoms. The number of alkyl halides is 9. The van der Waals surface area contributed by atoms with E-state index in [1.807, 2.05) is 66.0 Å². The van der Waals surface area contributed by atoms with Gasteiger partial charge in [0, 0.05) is 24.5 Å². The molecular weight excluding hydrogens is 1240 g/mol. The molecule has 9 rings (SSSR count). The number of aromatic nitrogens is 3. The smallest absolute Gasteiger partial charge is 0.390 e. The number of ether oxygens (including phenoxy) is 4. The number of aliphatic hydroxyl groups is 1. The Hall–Kier alpha value is -3.49. The first-order valence-corrected chi connectivity index (χ1v) is 29.3. The molecule has 0 unspecified atom stereocenters. The number of aliphatic hydroxyl groups excluding tert-OH is 1. The lowest BCUT2D eigenvalue weighted by atomic mass is 9.95. The van der Waals surface area contributed by atoms with Gasteiger partial charge in [-0.2, -0.15) is 64.8 Å². The Morgan fingerprint density at radius 3 is 1.39 bits per heavy atom. The quantitative estimate of drug-likeness (QED) is 0.0595. The van der Waals surface area contributed by atoms with Crippen LogP contribution in [-0.2, 0) is 70.0 Å². The summed E-state index contributed by atoms with van der Waals surface area (Å²) in [5, 5.41) is 13.4. The fourth-order valence-electron chi connectivity index (χ4n) is 8.82. The molecule has 1 N–H and O–H groups in total. The lowest BCUT2D eigenvalue weighted by Gasteiger charge is -2.23. The van der Waals surface area contributed by atoms with E-state index in [9.17, 15) is 69.9 Å². The molecule has 4 fully saturated rings. The molecule has 5 heterocycles. The Labute approximate surface area is 476 Å². The maximum atomic E-state index is 12.8. The van der Waals surface area contributed by atoms with Crippen molar-refractivity contribution in [3.63, 3.8) is 0 Å². The van der Waals surface area contributed by atoms with Gasteiger partial charge in [0.1, 0.15) is 28.6 Å². The Morgan fingerprint density at radius 2 is 1.00 bits per heavy atom. The van der Waals surface area contributed by atoms with Crippen LogP contribution in [0.1, 0.15) is 79.7 Å². The Bertz CT molecular complexity index is 3240. The molecular formula is C48H52Cl4F9N3O13S3. The molecule has 2 aliphatic carbocycles. The fourth-order valence-corrected chi connectivity index (χ4v) is 11.6. The van der Waals surface area contributed by atoms with Crippen molar-refractivity contribution in [3.8, 4) is 0 Å². The van der Waals surface area contributed by atoms with Crippen LogP contribution >= 0.6 is 46.4 Å². The lowest BCUT2D eigenvalue weighted by molar-refractivity contribution is -0.166. The first-order valence-electron chi connectivity index (χ1n) is 24.3. The highest BCUT2D eigenvalue weighted by Crippen LogP contribution is 2.47. The van der Waals surface area contributed by atoms with Gasteiger partial charge in [-0.3, -0.25) is 9.17 Å². The van der Waals surface area contributed by atoms with Crippen LogP contribution in [0.2, 0.25) is 20.4 Å². The highest BCUT2D eigenvalue weighted by Gasteiger charge is 2.59. The molecule has 0 spiro atoms. The second-order valence-corrected chi connectivity index (χ2v) is 25.1. The third-order valence-corrected chi connectivity index (χ3v) is 17.1. The zero-order valence-corrected chi connectivity index (χ0v) is 47.9. The van der Waals surface area contributed by atoms with E-state index in [1.165, 1.54) is 5.56 Å². The van der Waals surface area contributed by atoms with Gasteiger partial charge in [-0.15, -0.1) is 3.63 Å². The predicted molar refractivity (Wildman–Crippen MR) is 277 cm³/mol. The van der Waals surface area contributed by atoms with E-state index in [4.69, 9.17) is 66.7 Å². The predicted octanol–water partition coefficient (Wildman–Crippen LogP) is 12.4. The molecule has 446 valence electrons. The maximum Gasteiger partial charge on any atom is 0.524 e. The van der Waals surface area contributed by atoms with Crippen molar-refractivity contribution in [1.29, 1.82) is 0 Å². The monoisotopic (exact) mass is 1290 g/mol. The first-order chi connectivity index (χ1) is 37.2. The summed E-state index contributed by atoms with van der Waals surface area (Å²) >= 11 is 24.0. The van der Waals surface area contributed by atoms with E-state index >= 15 is 0 Å². The summed E-state index contributed by atoms with van der Waals surface area (Å²) in [6.07, 6.45) is 3.74. The first kappa shape index (κ1) is 65.7. The summed E-state index contributed by atoms with van der Waals surface area (Å²) in [5.41, 5.74) is -14.4. The second kappa shape index (κ2) is 26.2. The average Bonchev–Trinajstić information content (AvgIpc) is 4.09. The lowest BCUT2D eigenvalue weighted by Crippen LogP contribution is -2.36. The number of hydrogen-bond acceptors (Lipinski definition) is 16. The van der Waals surface area contributed by atoms with Crippen LogP contribution in [0.25, 0.3) is 21.8 Å². The van der Waals surface area contributed by atoms with Crippen LogP contribution in [0.15, 0.2) is 79.1 Å². The third-order valence-electron chi connectivity index (χ3n) is 12.1. The molecule has 80 heavy (non-hydrogen) atoms. The van der Waals surface area contributed by atoms with E-state index in [2.05, 4.69) is 31.3 Å². The van der Waals surface area contributed by atoms with E-state index in [0.29, 0.717) is 46.4 Å². The van der Waals surface area contributed by atoms with Gasteiger partial charge in [0.2, 0.25) is 0 Å². The number of hydrogen-bond donors (Lipinski definition) is 1. The van der Waals surface area contributed by atoms with Crippen LogP contribution in [0.3, 0.4) is 0 Å². The standard InChI is InChI=1S/C20H20Cl2F3NO5S.C19H21Cl2NO3.C5H5N.C2F6O5S2.C2H6/c1-19(2)29-16-12(9-15(17(16)30-19)31-32(27,28)20(23,24)25)6-4-10-3-5-11-8-13(21)18(22)26-14(11)7-10;1-19(2)24-16-12(9-15(23)17(16)25-19)6-4-10-3-5-11-8-13(20)18(21)22-14(11)7-10;1-2-4-6-5-3-1;3-1(4,5)14(9,10)13-15(11,12)2(6,7)8;1-2/h3,5,7-8,12,15-17H,4,6,9H2,1-2H3;3,5,7-8,12,15-17,23H,4,6,9H2,1-2H3;1-5H;;1-2H3/t2*12-,15-,16+,17-;;;/m00.../s1/i;;;;1D. The van der Waals surface area contributed by atoms with E-state index in [1.54, 1.807) is 39.2 Å². The number of rotatable bonds is 10. The Morgan fingerprint density at radius 1 is 0.613 bits per heavy atom. The van der Waals surface area contributed by atoms with Crippen LogP contribution in [0.4, 0.5) is 39.5 Å². The van der Waals surface area contributed by atoms with Crippen molar-refractivity contribution in [2.75, 3.05) is 0 Å². The molecule has 4 aliphatic rings. The number of halogens is 13. The SMILES string of the molecule is CC1(C)O[C@@H]2[C@@H](CCc3ccc4cc(Cl)c(Cl)nc4c3)C[C@H](O)[C@@H]2O1.CC1(C)O[C@@H]2[C@@H](CCc3ccc4cc(Cl)c(Cl)nc4c3)C[C@H](OS(=O)(=O)C(F)(F)F)[C@@H]2O1.O=S(=O)(OS(=O)(=O)C(F)(F)F)C(F)(F)F.[2H]CC.c1ccncc1. The average molecular weight is 1290 g/mol. The topological polar surface area (TPSA) is 217 Å². The van der Waals surface area contributed by atoms with Crippen LogP contribution < -0.4 is 0 Å². The minimum absolute atomic E-state index is 0.0307. The molecule has 2 saturated carbocycles. The van der Waals surface area contributed by atoms with Crippen molar-refractivity contribution in [3.05, 3.63) is 111 Å². The summed E-state index contributed by atoms with van der Waals surface area (Å²) in [7, 11) is -19.4. The van der Waals surface area contributed by atoms with Gasteiger partial charge in [0.05, 0.1) is 39.4 Å². The third kappa shape index (κ3) is 17.3. The van der Waals surface area contributed by atoms with Crippen molar-refractivity contribution < 1.29 is 98.0 Å². The molecule has 0 amide bonds. The van der Waals surface area contributed by atoms with Crippen molar-refractivity contribution >= 4 is 98.6 Å². The van der Waals surface area contributed by atoms with Crippen LogP contribution in [-0.4, -0.2) is 110 Å². The van der Waals surface area contributed by atoms with Crippen molar-refractivity contribution in [1.82, 2.24) is 15.0 Å². The fraction of sp³-hybridized carbons (Fsp3) is 0.521. The summed E-state index contributed by atoms with van der Waals surface area (Å²) < 4.78 is 206. The zero-order valence-electron chi connectivity index (χ0n) is 43.4. The van der Waals surface area contributed by atoms with Crippen molar-refractivity contribution in [2.45, 2.75) is 145 Å². The number of aryl methyl sites for hydroxylation is 2. The Balaban J connectivity index is 0.000000217. The molecule has 3 aromatic heterocycles. The second-order valence-electron chi connectivity index (χ2n) is 18.8. The number of fused-ring (bicyclic) bond motifs is 4. The summed E-state index contributed by atoms with van der Waals surface area (Å²) in [5.74, 6) is -1.63.